The van der Waals surface area contributed by atoms with Crippen molar-refractivity contribution in [3.05, 3.63) is 117 Å². The Labute approximate surface area is 358 Å². The number of aromatic nitrogens is 2. The van der Waals surface area contributed by atoms with Gasteiger partial charge < -0.3 is 60.5 Å². The Morgan fingerprint density at radius 2 is 1.97 bits per heavy atom. The predicted molar refractivity (Wildman–Crippen MR) is 233 cm³/mol. The van der Waals surface area contributed by atoms with Crippen LogP contribution in [-0.4, -0.2) is 78.8 Å². The molecular formula is C45H48N6O8S2. The van der Waals surface area contributed by atoms with Crippen molar-refractivity contribution in [2.24, 2.45) is 23.3 Å². The number of aliphatic hydroxyl groups is 1. The van der Waals surface area contributed by atoms with Crippen LogP contribution in [-0.2, 0) is 20.8 Å². The monoisotopic (exact) mass is 864 g/mol. The van der Waals surface area contributed by atoms with Crippen LogP contribution in [0.1, 0.15) is 49.8 Å². The number of aromatic hydroxyl groups is 1. The zero-order valence-corrected chi connectivity index (χ0v) is 35.3. The number of nitrogens with two attached hydrogens (primary N) is 2. The molecule has 10 atom stereocenters. The molecule has 2 saturated heterocycles. The molecule has 12 rings (SSSR count). The van der Waals surface area contributed by atoms with Crippen LogP contribution in [0.15, 0.2) is 105 Å². The van der Waals surface area contributed by atoms with Gasteiger partial charge in [0, 0.05) is 83.6 Å². The fraction of sp³-hybridized carbons (Fsp3) is 0.422. The van der Waals surface area contributed by atoms with Gasteiger partial charge in [0.2, 0.25) is 0 Å². The molecule has 9 N–H and O–H groups in total. The molecule has 318 valence electrons. The van der Waals surface area contributed by atoms with E-state index in [2.05, 4.69) is 50.8 Å². The van der Waals surface area contributed by atoms with Crippen molar-refractivity contribution < 1.29 is 33.6 Å². The number of rotatable bonds is 2. The molecule has 0 amide bonds. The first-order chi connectivity index (χ1) is 29.4. The number of benzene rings is 1. The van der Waals surface area contributed by atoms with Gasteiger partial charge in [0.15, 0.2) is 11.0 Å². The Kier molecular flexibility index (Phi) is 9.01. The lowest BCUT2D eigenvalue weighted by molar-refractivity contribution is -0.174. The second kappa shape index (κ2) is 14.2. The minimum atomic E-state index is -1.42. The summed E-state index contributed by atoms with van der Waals surface area (Å²) in [6.45, 7) is 4.29. The van der Waals surface area contributed by atoms with Crippen molar-refractivity contribution in [3.63, 3.8) is 0 Å². The van der Waals surface area contributed by atoms with E-state index in [9.17, 15) is 19.8 Å². The van der Waals surface area contributed by atoms with E-state index in [1.807, 2.05) is 31.3 Å². The smallest absolute Gasteiger partial charge is 0.342 e. The van der Waals surface area contributed by atoms with Crippen LogP contribution in [0.5, 0.6) is 11.5 Å². The summed E-state index contributed by atoms with van der Waals surface area (Å²) in [6, 6.07) is 4.73. The number of esters is 1. The Balaban J connectivity index is 0.979. The number of nitrogens with zero attached hydrogens (tertiary/aromatic N) is 1. The zero-order chi connectivity index (χ0) is 41.9. The van der Waals surface area contributed by atoms with Gasteiger partial charge in [-0.2, -0.15) is 0 Å². The number of carbonyl (C=O) groups excluding carboxylic acids is 1. The molecule has 7 aliphatic heterocycles. The topological polar surface area (TPSA) is 216 Å². The number of aromatic amines is 1. The lowest BCUT2D eigenvalue weighted by Crippen LogP contribution is -2.55. The van der Waals surface area contributed by atoms with Crippen LogP contribution in [0.25, 0.3) is 21.9 Å². The maximum absolute atomic E-state index is 14.8. The molecule has 10 heterocycles. The predicted octanol–water partition coefficient (Wildman–Crippen LogP) is 4.97. The first-order valence-electron chi connectivity index (χ1n) is 20.9. The second-order valence-electron chi connectivity index (χ2n) is 17.7. The van der Waals surface area contributed by atoms with Gasteiger partial charge in [-0.25, -0.2) is 4.79 Å². The third kappa shape index (κ3) is 6.30. The summed E-state index contributed by atoms with van der Waals surface area (Å²) >= 11 is 0. The van der Waals surface area contributed by atoms with Gasteiger partial charge in [-0.05, 0) is 62.3 Å². The molecule has 8 aliphatic rings. The van der Waals surface area contributed by atoms with Gasteiger partial charge in [0.25, 0.3) is 0 Å². The number of dihydropyridines is 2. The van der Waals surface area contributed by atoms with E-state index in [0.29, 0.717) is 66.0 Å². The van der Waals surface area contributed by atoms with Crippen LogP contribution in [0.2, 0.25) is 0 Å². The molecule has 16 heteroatoms. The van der Waals surface area contributed by atoms with Crippen LogP contribution in [0.4, 0.5) is 0 Å². The highest BCUT2D eigenvalue weighted by Gasteiger charge is 2.71. The van der Waals surface area contributed by atoms with Crippen molar-refractivity contribution in [2.75, 3.05) is 11.5 Å². The minimum Gasteiger partial charge on any atom is -0.507 e. The van der Waals surface area contributed by atoms with E-state index in [0.717, 1.165) is 27.6 Å². The van der Waals surface area contributed by atoms with Crippen molar-refractivity contribution >= 4 is 49.4 Å². The Hall–Kier alpha value is -5.16. The van der Waals surface area contributed by atoms with Gasteiger partial charge in [0.05, 0.1) is 29.5 Å². The van der Waals surface area contributed by atoms with Crippen molar-refractivity contribution in [1.82, 2.24) is 20.2 Å². The summed E-state index contributed by atoms with van der Waals surface area (Å²) in [6.07, 6.45) is 15.8. The largest absolute Gasteiger partial charge is 0.507 e. The Morgan fingerprint density at radius 3 is 2.80 bits per heavy atom. The number of carbonyl (C=O) groups is 1. The standard InChI is InChI=1S/C45H48N6O8S2/c1-21-11-32(53)38-33(56-21)16-34-39(40(38)54)37-23-4-5-28(31(52)14-23)45-35(59-45)6-3-22-12-29(50-36(46)13-22)26-15-25(18-51-17-24-7-9-48-30(24)19-51)49-42(47)27(26)20-61-60-10-8-44(2,58-34)41(37)57-43(45)55/h4-5,7,9,11-13,15-17,19,23,25,28-29,31,35,37,41,48-50,52,54H,3,6,8,10,14,18,20,46-47H2,1-2H3/t23-,25?,28-,29?,31+,35+,37-,41+,44-,45-/m0/s1. The number of epoxide rings is 1. The molecule has 1 spiro atoms. The SMILES string of the molecule is Cc1cc(=O)c2c(O)c3c(cc2o1)O[C@@]1(C)CCSSCC2=C(N)NC(Cn4cc5cc[nH]c5c4)C=C2C2C=C(C=C(N)N2)CC[C@H]2O[C@]24C(=O)O[C@@H]1[C@H]3[C@H]1C=C[C@H]4[C@H](O)C1. The number of hydrogen-bond donors (Lipinski definition) is 7. The molecule has 6 bridgehead atoms. The Morgan fingerprint density at radius 1 is 1.10 bits per heavy atom. The van der Waals surface area contributed by atoms with Crippen molar-refractivity contribution in [2.45, 2.75) is 93.6 Å². The Bertz CT molecular complexity index is 2700. The normalized spacial score (nSPS) is 34.4. The minimum absolute atomic E-state index is 0.0348. The number of ether oxygens (including phenoxy) is 3. The average Bonchev–Trinajstić information content (AvgIpc) is 3.53. The third-order valence-electron chi connectivity index (χ3n) is 13.7. The number of H-pyrrole nitrogens is 1. The maximum Gasteiger partial charge on any atom is 0.342 e. The lowest BCUT2D eigenvalue weighted by Gasteiger charge is -2.48. The average molecular weight is 865 g/mol. The van der Waals surface area contributed by atoms with E-state index < -0.39 is 47.3 Å². The highest BCUT2D eigenvalue weighted by atomic mass is 33.1. The molecule has 14 nitrogen and oxygen atoms in total. The summed E-state index contributed by atoms with van der Waals surface area (Å²) in [5, 5.41) is 32.1. The van der Waals surface area contributed by atoms with Crippen molar-refractivity contribution in [3.8, 4) is 11.5 Å². The first-order valence-corrected chi connectivity index (χ1v) is 23.4. The fourth-order valence-electron chi connectivity index (χ4n) is 10.8. The highest BCUT2D eigenvalue weighted by Crippen LogP contribution is 2.59. The number of aryl methyl sites for hydroxylation is 1. The number of fused-ring (bicyclic) bond motifs is 7. The molecule has 1 aromatic carbocycles. The number of nitrogens with one attached hydrogen (secondary N) is 3. The number of phenolic OH excluding ortho intramolecular Hbond substituents is 1. The molecule has 0 saturated carbocycles. The van der Waals surface area contributed by atoms with E-state index in [1.165, 1.54) is 6.07 Å². The summed E-state index contributed by atoms with van der Waals surface area (Å²) in [5.41, 5.74) is 15.3. The van der Waals surface area contributed by atoms with E-state index in [1.54, 1.807) is 34.6 Å². The summed E-state index contributed by atoms with van der Waals surface area (Å²) in [5.74, 6) is 0.600. The number of phenols is 1. The summed E-state index contributed by atoms with van der Waals surface area (Å²) in [4.78, 5) is 31.5. The van der Waals surface area contributed by atoms with E-state index in [4.69, 9.17) is 30.1 Å². The van der Waals surface area contributed by atoms with Gasteiger partial charge in [-0.3, -0.25) is 4.79 Å². The van der Waals surface area contributed by atoms with Crippen LogP contribution >= 0.6 is 21.6 Å². The third-order valence-corrected chi connectivity index (χ3v) is 16.0. The van der Waals surface area contributed by atoms with Gasteiger partial charge in [-0.15, -0.1) is 0 Å². The number of aliphatic hydroxyl groups excluding tert-OH is 1. The molecule has 1 aliphatic carbocycles. The van der Waals surface area contributed by atoms with Gasteiger partial charge in [-0.1, -0.05) is 45.9 Å². The number of hydrogen-bond acceptors (Lipinski definition) is 14. The van der Waals surface area contributed by atoms with Gasteiger partial charge >= 0.3 is 5.97 Å². The molecule has 2 unspecified atom stereocenters. The molecular weight excluding hydrogens is 817 g/mol. The second-order valence-corrected chi connectivity index (χ2v) is 20.3. The molecule has 2 fully saturated rings. The fourth-order valence-corrected chi connectivity index (χ4v) is 13.1. The van der Waals surface area contributed by atoms with Crippen molar-refractivity contribution in [1.29, 1.82) is 0 Å². The quantitative estimate of drug-likeness (QED) is 0.0614. The van der Waals surface area contributed by atoms with Crippen LogP contribution < -0.4 is 32.3 Å². The van der Waals surface area contributed by atoms with E-state index >= 15 is 0 Å². The van der Waals surface area contributed by atoms with Crippen LogP contribution in [0, 0.1) is 18.8 Å². The zero-order valence-electron chi connectivity index (χ0n) is 33.7. The molecule has 3 aromatic heterocycles. The molecule has 61 heavy (non-hydrogen) atoms. The summed E-state index contributed by atoms with van der Waals surface area (Å²) in [7, 11) is 3.34. The lowest BCUT2D eigenvalue weighted by atomic mass is 9.67. The van der Waals surface area contributed by atoms with Crippen LogP contribution in [0.3, 0.4) is 0 Å². The maximum atomic E-state index is 14.8. The van der Waals surface area contributed by atoms with E-state index in [-0.39, 0.29) is 46.6 Å². The molecule has 4 aromatic rings. The summed E-state index contributed by atoms with van der Waals surface area (Å²) < 4.78 is 28.2. The van der Waals surface area contributed by atoms with Gasteiger partial charge in [0.1, 0.15) is 51.9 Å². The first kappa shape index (κ1) is 38.7. The number of allylic oxidation sites excluding steroid dienone is 3. The highest BCUT2D eigenvalue weighted by molar-refractivity contribution is 8.76. The molecule has 0 radical (unpaired) electrons.